The fourth-order valence-corrected chi connectivity index (χ4v) is 1.95. The molecule has 0 aliphatic heterocycles. The fourth-order valence-electron chi connectivity index (χ4n) is 1.53. The van der Waals surface area contributed by atoms with E-state index in [1.54, 1.807) is 6.92 Å². The maximum atomic E-state index is 12.8. The van der Waals surface area contributed by atoms with Crippen LogP contribution in [0.4, 0.5) is 15.1 Å². The van der Waals surface area contributed by atoms with Crippen LogP contribution in [0.3, 0.4) is 0 Å². The Morgan fingerprint density at radius 2 is 1.81 bits per heavy atom. The maximum absolute atomic E-state index is 12.8. The van der Waals surface area contributed by atoms with Crippen molar-refractivity contribution in [3.63, 3.8) is 0 Å². The first-order chi connectivity index (χ1) is 9.94. The third kappa shape index (κ3) is 4.54. The zero-order chi connectivity index (χ0) is 15.4. The summed E-state index contributed by atoms with van der Waals surface area (Å²) in [7, 11) is 0. The summed E-state index contributed by atoms with van der Waals surface area (Å²) in [5, 5.41) is 2.50. The standard InChI is InChI=1S/C13H10Cl2FN3O2/c1-7(8-2-4-9(16)5-3-8)21-13(20)19-12-17-10(14)6-11(15)18-12/h2-7H,1H3,(H,17,18,19,20)/t7-/m0/s1. The average Bonchev–Trinajstić information content (AvgIpc) is 2.37. The van der Waals surface area contributed by atoms with Gasteiger partial charge in [-0.15, -0.1) is 0 Å². The molecule has 0 aliphatic carbocycles. The summed E-state index contributed by atoms with van der Waals surface area (Å²) >= 11 is 11.4. The molecule has 0 bridgehead atoms. The van der Waals surface area contributed by atoms with Gasteiger partial charge < -0.3 is 4.74 Å². The molecular weight excluding hydrogens is 320 g/mol. The number of hydrogen-bond donors (Lipinski definition) is 1. The van der Waals surface area contributed by atoms with E-state index in [0.717, 1.165) is 0 Å². The molecule has 1 aromatic heterocycles. The van der Waals surface area contributed by atoms with Gasteiger partial charge >= 0.3 is 6.09 Å². The first-order valence-electron chi connectivity index (χ1n) is 5.87. The van der Waals surface area contributed by atoms with Crippen molar-refractivity contribution < 1.29 is 13.9 Å². The van der Waals surface area contributed by atoms with Crippen LogP contribution in [0.25, 0.3) is 0 Å². The summed E-state index contributed by atoms with van der Waals surface area (Å²) in [5.41, 5.74) is 0.650. The van der Waals surface area contributed by atoms with Crippen LogP contribution >= 0.6 is 23.2 Å². The second-order valence-electron chi connectivity index (χ2n) is 4.06. The molecule has 0 spiro atoms. The highest BCUT2D eigenvalue weighted by atomic mass is 35.5. The zero-order valence-electron chi connectivity index (χ0n) is 10.8. The molecule has 0 saturated heterocycles. The lowest BCUT2D eigenvalue weighted by atomic mass is 10.1. The molecule has 1 N–H and O–H groups in total. The number of rotatable bonds is 3. The lowest BCUT2D eigenvalue weighted by Gasteiger charge is -2.13. The number of carbonyl (C=O) groups excluding carboxylic acids is 1. The summed E-state index contributed by atoms with van der Waals surface area (Å²) in [5.74, 6) is -0.429. The number of nitrogens with one attached hydrogen (secondary N) is 1. The lowest BCUT2D eigenvalue weighted by molar-refractivity contribution is 0.121. The second-order valence-corrected chi connectivity index (χ2v) is 4.84. The minimum atomic E-state index is -0.773. The van der Waals surface area contributed by atoms with Crippen molar-refractivity contribution in [2.75, 3.05) is 5.32 Å². The molecule has 2 aromatic rings. The molecule has 21 heavy (non-hydrogen) atoms. The molecule has 110 valence electrons. The predicted octanol–water partition coefficient (Wildman–Crippen LogP) is 4.23. The van der Waals surface area contributed by atoms with Gasteiger partial charge in [-0.25, -0.2) is 19.2 Å². The molecule has 0 aliphatic rings. The van der Waals surface area contributed by atoms with Crippen molar-refractivity contribution in [1.82, 2.24) is 9.97 Å². The van der Waals surface area contributed by atoms with Gasteiger partial charge in [-0.2, -0.15) is 0 Å². The highest BCUT2D eigenvalue weighted by Crippen LogP contribution is 2.18. The van der Waals surface area contributed by atoms with Gasteiger partial charge in [0, 0.05) is 6.07 Å². The van der Waals surface area contributed by atoms with Gasteiger partial charge in [0.15, 0.2) is 0 Å². The van der Waals surface area contributed by atoms with Crippen molar-refractivity contribution in [2.45, 2.75) is 13.0 Å². The Morgan fingerprint density at radius 3 is 2.38 bits per heavy atom. The van der Waals surface area contributed by atoms with Gasteiger partial charge in [0.25, 0.3) is 0 Å². The number of amides is 1. The Bertz CT molecular complexity index is 632. The van der Waals surface area contributed by atoms with Crippen LogP contribution in [-0.4, -0.2) is 16.1 Å². The number of hydrogen-bond acceptors (Lipinski definition) is 4. The quantitative estimate of drug-likeness (QED) is 0.855. The molecule has 1 amide bonds. The molecule has 1 atom stereocenters. The van der Waals surface area contributed by atoms with E-state index in [4.69, 9.17) is 27.9 Å². The van der Waals surface area contributed by atoms with E-state index in [0.29, 0.717) is 5.56 Å². The van der Waals surface area contributed by atoms with Gasteiger partial charge in [-0.05, 0) is 24.6 Å². The Balaban J connectivity index is 1.99. The minimum absolute atomic E-state index is 0.0659. The van der Waals surface area contributed by atoms with E-state index in [9.17, 15) is 9.18 Å². The van der Waals surface area contributed by atoms with Gasteiger partial charge in [0.1, 0.15) is 22.2 Å². The van der Waals surface area contributed by atoms with Crippen LogP contribution in [0.5, 0.6) is 0 Å². The van der Waals surface area contributed by atoms with Gasteiger partial charge in [-0.3, -0.25) is 5.32 Å². The molecule has 5 nitrogen and oxygen atoms in total. The number of carbonyl (C=O) groups is 1. The predicted molar refractivity (Wildman–Crippen MR) is 77.0 cm³/mol. The van der Waals surface area contributed by atoms with E-state index < -0.39 is 12.2 Å². The molecule has 0 unspecified atom stereocenters. The summed E-state index contributed by atoms with van der Waals surface area (Å²) in [6, 6.07) is 6.96. The van der Waals surface area contributed by atoms with E-state index in [1.165, 1.54) is 30.3 Å². The number of benzene rings is 1. The summed E-state index contributed by atoms with van der Waals surface area (Å²) in [6.07, 6.45) is -1.34. The van der Waals surface area contributed by atoms with Crippen LogP contribution in [0.2, 0.25) is 10.3 Å². The van der Waals surface area contributed by atoms with Crippen molar-refractivity contribution >= 4 is 35.2 Å². The number of anilines is 1. The SMILES string of the molecule is C[C@H](OC(=O)Nc1nc(Cl)cc(Cl)n1)c1ccc(F)cc1. The maximum Gasteiger partial charge on any atom is 0.414 e. The van der Waals surface area contributed by atoms with Crippen molar-refractivity contribution in [3.05, 3.63) is 52.0 Å². The number of aromatic nitrogens is 2. The van der Waals surface area contributed by atoms with E-state index >= 15 is 0 Å². The van der Waals surface area contributed by atoms with E-state index in [1.807, 2.05) is 0 Å². The number of halogens is 3. The molecule has 1 aromatic carbocycles. The molecule has 8 heteroatoms. The highest BCUT2D eigenvalue weighted by molar-refractivity contribution is 6.33. The van der Waals surface area contributed by atoms with Crippen LogP contribution in [0.15, 0.2) is 30.3 Å². The molecular formula is C13H10Cl2FN3O2. The first kappa shape index (κ1) is 15.5. The number of ether oxygens (including phenoxy) is 1. The Labute approximate surface area is 130 Å². The van der Waals surface area contributed by atoms with Gasteiger partial charge in [0.05, 0.1) is 0 Å². The third-order valence-electron chi connectivity index (χ3n) is 2.50. The summed E-state index contributed by atoms with van der Waals surface area (Å²) < 4.78 is 17.9. The van der Waals surface area contributed by atoms with E-state index in [-0.39, 0.29) is 22.1 Å². The topological polar surface area (TPSA) is 64.1 Å². The van der Waals surface area contributed by atoms with Crippen molar-refractivity contribution in [2.24, 2.45) is 0 Å². The normalized spacial score (nSPS) is 11.8. The lowest BCUT2D eigenvalue weighted by Crippen LogP contribution is -2.17. The zero-order valence-corrected chi connectivity index (χ0v) is 12.3. The van der Waals surface area contributed by atoms with Gasteiger partial charge in [0.2, 0.25) is 5.95 Å². The second kappa shape index (κ2) is 6.69. The molecule has 0 radical (unpaired) electrons. The van der Waals surface area contributed by atoms with Crippen LogP contribution in [-0.2, 0) is 4.74 Å². The third-order valence-corrected chi connectivity index (χ3v) is 2.89. The highest BCUT2D eigenvalue weighted by Gasteiger charge is 2.13. The fraction of sp³-hybridized carbons (Fsp3) is 0.154. The minimum Gasteiger partial charge on any atom is -0.441 e. The summed E-state index contributed by atoms with van der Waals surface area (Å²) in [6.45, 7) is 1.65. The molecule has 0 fully saturated rings. The van der Waals surface area contributed by atoms with E-state index in [2.05, 4.69) is 15.3 Å². The monoisotopic (exact) mass is 329 g/mol. The largest absolute Gasteiger partial charge is 0.441 e. The summed E-state index contributed by atoms with van der Waals surface area (Å²) in [4.78, 5) is 19.3. The van der Waals surface area contributed by atoms with Crippen LogP contribution in [0, 0.1) is 5.82 Å². The van der Waals surface area contributed by atoms with Crippen LogP contribution in [0.1, 0.15) is 18.6 Å². The van der Waals surface area contributed by atoms with Gasteiger partial charge in [-0.1, -0.05) is 35.3 Å². The molecule has 0 saturated carbocycles. The number of nitrogens with zero attached hydrogens (tertiary/aromatic N) is 2. The molecule has 1 heterocycles. The molecule has 2 rings (SSSR count). The average molecular weight is 330 g/mol. The van der Waals surface area contributed by atoms with Crippen LogP contribution < -0.4 is 5.32 Å². The van der Waals surface area contributed by atoms with Crippen molar-refractivity contribution in [1.29, 1.82) is 0 Å². The smallest absolute Gasteiger partial charge is 0.414 e. The van der Waals surface area contributed by atoms with Crippen molar-refractivity contribution in [3.8, 4) is 0 Å². The Hall–Kier alpha value is -1.92. The Morgan fingerprint density at radius 1 is 1.24 bits per heavy atom. The first-order valence-corrected chi connectivity index (χ1v) is 6.63. The Kier molecular flexibility index (Phi) is 4.93.